The van der Waals surface area contributed by atoms with Crippen LogP contribution in [0.2, 0.25) is 0 Å². The third-order valence-electron chi connectivity index (χ3n) is 3.38. The Bertz CT molecular complexity index is 941. The normalized spacial score (nSPS) is 11.7. The van der Waals surface area contributed by atoms with Crippen LogP contribution in [0.25, 0.3) is 27.3 Å². The Morgan fingerprint density at radius 1 is 1.00 bits per heavy atom. The lowest BCUT2D eigenvalue weighted by molar-refractivity contribution is 0.629. The Morgan fingerprint density at radius 3 is 2.79 bits per heavy atom. The second-order valence-corrected chi connectivity index (χ2v) is 4.44. The summed E-state index contributed by atoms with van der Waals surface area (Å²) >= 11 is 0. The largest absolute Gasteiger partial charge is 0.299 e. The van der Waals surface area contributed by atoms with E-state index in [1.54, 1.807) is 30.6 Å². The van der Waals surface area contributed by atoms with Crippen LogP contribution in [0, 0.1) is 11.6 Å². The Balaban J connectivity index is 2.46. The summed E-state index contributed by atoms with van der Waals surface area (Å²) in [6.07, 6.45) is 3.43. The molecule has 0 spiro atoms. The summed E-state index contributed by atoms with van der Waals surface area (Å²) in [7, 11) is 0. The highest BCUT2D eigenvalue weighted by Crippen LogP contribution is 2.30. The van der Waals surface area contributed by atoms with Gasteiger partial charge in [-0.05, 0) is 30.3 Å². The van der Waals surface area contributed by atoms with Crippen LogP contribution >= 0.6 is 0 Å². The van der Waals surface area contributed by atoms with Crippen molar-refractivity contribution in [3.8, 4) is 0 Å². The van der Waals surface area contributed by atoms with Crippen LogP contribution in [-0.4, -0.2) is 9.38 Å². The van der Waals surface area contributed by atoms with E-state index in [0.717, 1.165) is 5.39 Å². The molecule has 0 saturated heterocycles. The molecule has 4 heteroatoms. The standard InChI is InChI=1S/C15H8F2N2/c16-9-4-5-10-11(8-9)14-12(17)2-1-3-13(14)19-7-6-18-15(10)19/h1-8H. The zero-order chi connectivity index (χ0) is 13.0. The maximum atomic E-state index is 14.1. The van der Waals surface area contributed by atoms with Crippen molar-refractivity contribution >= 4 is 27.3 Å². The first-order valence-corrected chi connectivity index (χ1v) is 5.88. The van der Waals surface area contributed by atoms with E-state index in [9.17, 15) is 8.78 Å². The number of aromatic nitrogens is 2. The summed E-state index contributed by atoms with van der Waals surface area (Å²) in [5, 5.41) is 1.71. The molecule has 19 heavy (non-hydrogen) atoms. The number of rotatable bonds is 0. The predicted molar refractivity (Wildman–Crippen MR) is 70.1 cm³/mol. The van der Waals surface area contributed by atoms with Crippen molar-refractivity contribution in [1.29, 1.82) is 0 Å². The molecule has 0 fully saturated rings. The second kappa shape index (κ2) is 3.51. The van der Waals surface area contributed by atoms with Crippen molar-refractivity contribution in [2.24, 2.45) is 0 Å². The fourth-order valence-electron chi connectivity index (χ4n) is 2.60. The van der Waals surface area contributed by atoms with Crippen LogP contribution < -0.4 is 0 Å². The first-order chi connectivity index (χ1) is 9.25. The molecule has 0 radical (unpaired) electrons. The fraction of sp³-hybridized carbons (Fsp3) is 0. The predicted octanol–water partition coefficient (Wildman–Crippen LogP) is 3.92. The van der Waals surface area contributed by atoms with Gasteiger partial charge in [0.25, 0.3) is 0 Å². The van der Waals surface area contributed by atoms with Gasteiger partial charge in [0.05, 0.1) is 5.52 Å². The molecule has 2 aromatic carbocycles. The Hall–Kier alpha value is -2.49. The molecule has 2 heterocycles. The smallest absolute Gasteiger partial charge is 0.145 e. The molecule has 0 aliphatic rings. The van der Waals surface area contributed by atoms with E-state index < -0.39 is 0 Å². The van der Waals surface area contributed by atoms with Crippen molar-refractivity contribution < 1.29 is 8.78 Å². The summed E-state index contributed by atoms with van der Waals surface area (Å²) in [5.41, 5.74) is 1.39. The summed E-state index contributed by atoms with van der Waals surface area (Å²) < 4.78 is 29.4. The maximum Gasteiger partial charge on any atom is 0.145 e. The lowest BCUT2D eigenvalue weighted by Crippen LogP contribution is -1.93. The molecule has 0 bridgehead atoms. The molecule has 0 aliphatic carbocycles. The van der Waals surface area contributed by atoms with Crippen LogP contribution in [0.1, 0.15) is 0 Å². The van der Waals surface area contributed by atoms with Crippen molar-refractivity contribution in [1.82, 2.24) is 9.38 Å². The number of imidazole rings is 1. The molecule has 0 aliphatic heterocycles. The lowest BCUT2D eigenvalue weighted by Gasteiger charge is -2.08. The van der Waals surface area contributed by atoms with Gasteiger partial charge in [-0.3, -0.25) is 4.40 Å². The van der Waals surface area contributed by atoms with Crippen LogP contribution in [0.3, 0.4) is 0 Å². The van der Waals surface area contributed by atoms with E-state index >= 15 is 0 Å². The quantitative estimate of drug-likeness (QED) is 0.435. The van der Waals surface area contributed by atoms with Gasteiger partial charge in [0.1, 0.15) is 17.3 Å². The zero-order valence-corrected chi connectivity index (χ0v) is 9.77. The van der Waals surface area contributed by atoms with Gasteiger partial charge in [0.2, 0.25) is 0 Å². The highest BCUT2D eigenvalue weighted by Gasteiger charge is 2.12. The monoisotopic (exact) mass is 254 g/mol. The van der Waals surface area contributed by atoms with E-state index in [4.69, 9.17) is 0 Å². The number of benzene rings is 2. The van der Waals surface area contributed by atoms with Crippen molar-refractivity contribution in [3.05, 3.63) is 60.4 Å². The number of hydrogen-bond acceptors (Lipinski definition) is 1. The van der Waals surface area contributed by atoms with Gasteiger partial charge in [-0.25, -0.2) is 13.8 Å². The van der Waals surface area contributed by atoms with Gasteiger partial charge in [-0.1, -0.05) is 6.07 Å². The number of fused-ring (bicyclic) bond motifs is 6. The van der Waals surface area contributed by atoms with Gasteiger partial charge < -0.3 is 0 Å². The molecule has 0 atom stereocenters. The Morgan fingerprint density at radius 2 is 1.89 bits per heavy atom. The second-order valence-electron chi connectivity index (χ2n) is 4.44. The molecule has 0 amide bonds. The summed E-state index contributed by atoms with van der Waals surface area (Å²) in [6, 6.07) is 9.19. The lowest BCUT2D eigenvalue weighted by atomic mass is 10.1. The SMILES string of the molecule is Fc1ccc2c(c1)c1c(F)cccc1n1ccnc21. The van der Waals surface area contributed by atoms with Crippen LogP contribution in [0.15, 0.2) is 48.8 Å². The van der Waals surface area contributed by atoms with Gasteiger partial charge in [-0.2, -0.15) is 0 Å². The van der Waals surface area contributed by atoms with E-state index in [2.05, 4.69) is 4.98 Å². The molecule has 0 N–H and O–H groups in total. The fourth-order valence-corrected chi connectivity index (χ4v) is 2.60. The number of hydrogen-bond donors (Lipinski definition) is 0. The zero-order valence-electron chi connectivity index (χ0n) is 9.77. The van der Waals surface area contributed by atoms with E-state index in [-0.39, 0.29) is 11.6 Å². The molecule has 4 aromatic rings. The van der Waals surface area contributed by atoms with Gasteiger partial charge in [0, 0.05) is 28.6 Å². The first kappa shape index (κ1) is 10.4. The molecule has 4 rings (SSSR count). The highest BCUT2D eigenvalue weighted by molar-refractivity contribution is 6.11. The summed E-state index contributed by atoms with van der Waals surface area (Å²) in [4.78, 5) is 4.27. The number of halogens is 2. The van der Waals surface area contributed by atoms with Crippen molar-refractivity contribution in [2.45, 2.75) is 0 Å². The molecular weight excluding hydrogens is 246 g/mol. The third kappa shape index (κ3) is 1.31. The van der Waals surface area contributed by atoms with Gasteiger partial charge >= 0.3 is 0 Å². The molecular formula is C15H8F2N2. The topological polar surface area (TPSA) is 17.3 Å². The van der Waals surface area contributed by atoms with Crippen molar-refractivity contribution in [2.75, 3.05) is 0 Å². The van der Waals surface area contributed by atoms with Gasteiger partial charge in [0.15, 0.2) is 0 Å². The molecule has 0 saturated carbocycles. The Labute approximate surface area is 106 Å². The Kier molecular flexibility index (Phi) is 1.93. The van der Waals surface area contributed by atoms with Crippen LogP contribution in [0.5, 0.6) is 0 Å². The van der Waals surface area contributed by atoms with E-state index in [1.165, 1.54) is 18.2 Å². The minimum atomic E-state index is -0.382. The molecule has 0 unspecified atom stereocenters. The third-order valence-corrected chi connectivity index (χ3v) is 3.38. The van der Waals surface area contributed by atoms with E-state index in [1.807, 2.05) is 4.40 Å². The minimum Gasteiger partial charge on any atom is -0.299 e. The molecule has 2 aromatic heterocycles. The van der Waals surface area contributed by atoms with Crippen LogP contribution in [-0.2, 0) is 0 Å². The summed E-state index contributed by atoms with van der Waals surface area (Å²) in [6.45, 7) is 0. The average molecular weight is 254 g/mol. The molecule has 92 valence electrons. The van der Waals surface area contributed by atoms with Crippen LogP contribution in [0.4, 0.5) is 8.78 Å². The highest BCUT2D eigenvalue weighted by atomic mass is 19.1. The minimum absolute atomic E-state index is 0.358. The van der Waals surface area contributed by atoms with E-state index in [0.29, 0.717) is 21.9 Å². The van der Waals surface area contributed by atoms with Gasteiger partial charge in [-0.15, -0.1) is 0 Å². The molecule has 2 nitrogen and oxygen atoms in total. The number of nitrogens with zero attached hydrogens (tertiary/aromatic N) is 2. The maximum absolute atomic E-state index is 14.1. The van der Waals surface area contributed by atoms with Crippen molar-refractivity contribution in [3.63, 3.8) is 0 Å². The summed E-state index contributed by atoms with van der Waals surface area (Å²) in [5.74, 6) is -0.739. The average Bonchev–Trinajstić information content (AvgIpc) is 2.88. The number of pyridine rings is 1. The first-order valence-electron chi connectivity index (χ1n) is 5.88.